The Morgan fingerprint density at radius 3 is 2.52 bits per heavy atom. The molecule has 4 heteroatoms. The van der Waals surface area contributed by atoms with E-state index in [1.165, 1.54) is 4.90 Å². The van der Waals surface area contributed by atoms with Gasteiger partial charge in [0.2, 0.25) is 0 Å². The first kappa shape index (κ1) is 15.5. The van der Waals surface area contributed by atoms with Crippen molar-refractivity contribution in [1.82, 2.24) is 0 Å². The predicted octanol–water partition coefficient (Wildman–Crippen LogP) is 5.70. The van der Waals surface area contributed by atoms with Gasteiger partial charge in [-0.3, -0.25) is 4.79 Å². The third-order valence-electron chi connectivity index (χ3n) is 3.90. The highest BCUT2D eigenvalue weighted by atomic mass is 32.2. The highest BCUT2D eigenvalue weighted by molar-refractivity contribution is 7.99. The molecule has 4 rings (SSSR count). The highest BCUT2D eigenvalue weighted by Gasteiger charge is 2.16. The van der Waals surface area contributed by atoms with Crippen LogP contribution in [0.25, 0.3) is 0 Å². The number of para-hydroxylation sites is 2. The molecular formula is C21H16N2OS. The Labute approximate surface area is 150 Å². The molecule has 0 saturated heterocycles. The van der Waals surface area contributed by atoms with Crippen LogP contribution in [0.15, 0.2) is 94.9 Å². The van der Waals surface area contributed by atoms with Gasteiger partial charge >= 0.3 is 0 Å². The maximum Gasteiger partial charge on any atom is 0.187 e. The molecule has 1 heterocycles. The van der Waals surface area contributed by atoms with Crippen molar-refractivity contribution in [3.05, 3.63) is 90.6 Å². The molecule has 0 atom stereocenters. The molecule has 1 aliphatic rings. The summed E-state index contributed by atoms with van der Waals surface area (Å²) in [4.78, 5) is 14.7. The fraction of sp³-hybridized carbons (Fsp3) is 0. The van der Waals surface area contributed by atoms with E-state index in [-0.39, 0.29) is 5.78 Å². The average Bonchev–Trinajstić information content (AvgIpc) is 2.66. The number of nitrogens with one attached hydrogen (secondary N) is 2. The minimum absolute atomic E-state index is 0.0307. The summed E-state index contributed by atoms with van der Waals surface area (Å²) in [6.07, 6.45) is 3.23. The van der Waals surface area contributed by atoms with Gasteiger partial charge in [0.25, 0.3) is 0 Å². The zero-order chi connectivity index (χ0) is 17.1. The summed E-state index contributed by atoms with van der Waals surface area (Å²) in [5, 5.41) is 6.50. The molecule has 0 fully saturated rings. The molecule has 3 aromatic carbocycles. The average molecular weight is 344 g/mol. The molecule has 122 valence electrons. The van der Waals surface area contributed by atoms with E-state index in [0.29, 0.717) is 5.56 Å². The van der Waals surface area contributed by atoms with E-state index in [0.717, 1.165) is 22.0 Å². The van der Waals surface area contributed by atoms with Crippen molar-refractivity contribution in [2.24, 2.45) is 0 Å². The summed E-state index contributed by atoms with van der Waals surface area (Å²) in [7, 11) is 0. The van der Waals surface area contributed by atoms with E-state index in [9.17, 15) is 4.79 Å². The molecule has 0 amide bonds. The normalized spacial score (nSPS) is 12.2. The zero-order valence-electron chi connectivity index (χ0n) is 13.4. The summed E-state index contributed by atoms with van der Waals surface area (Å²) < 4.78 is 0. The maximum absolute atomic E-state index is 12.4. The fourth-order valence-electron chi connectivity index (χ4n) is 2.64. The Balaban J connectivity index is 1.50. The lowest BCUT2D eigenvalue weighted by atomic mass is 10.1. The molecule has 2 N–H and O–H groups in total. The van der Waals surface area contributed by atoms with Crippen LogP contribution in [0.4, 0.5) is 17.1 Å². The molecule has 0 spiro atoms. The molecule has 0 radical (unpaired) electrons. The number of allylic oxidation sites excluding steroid dienone is 1. The minimum atomic E-state index is -0.0307. The second kappa shape index (κ2) is 6.87. The topological polar surface area (TPSA) is 41.1 Å². The van der Waals surface area contributed by atoms with Gasteiger partial charge in [0.1, 0.15) is 0 Å². The third kappa shape index (κ3) is 3.44. The van der Waals surface area contributed by atoms with E-state index < -0.39 is 0 Å². The van der Waals surface area contributed by atoms with Gasteiger partial charge in [-0.05, 0) is 42.5 Å². The van der Waals surface area contributed by atoms with Gasteiger partial charge < -0.3 is 10.6 Å². The SMILES string of the molecule is O=C(/C=C/Nc1ccccc1)c1ccc2c(c1)Nc1ccccc1S2. The van der Waals surface area contributed by atoms with E-state index in [4.69, 9.17) is 0 Å². The van der Waals surface area contributed by atoms with Crippen LogP contribution in [0.3, 0.4) is 0 Å². The number of anilines is 3. The Bertz CT molecular complexity index is 951. The Hall–Kier alpha value is -2.98. The number of ketones is 1. The molecule has 0 bridgehead atoms. The van der Waals surface area contributed by atoms with Gasteiger partial charge in [-0.2, -0.15) is 0 Å². The van der Waals surface area contributed by atoms with Crippen molar-refractivity contribution in [1.29, 1.82) is 0 Å². The molecule has 3 nitrogen and oxygen atoms in total. The van der Waals surface area contributed by atoms with Crippen LogP contribution in [0.2, 0.25) is 0 Å². The molecule has 0 aliphatic carbocycles. The standard InChI is InChI=1S/C21H16N2OS/c24-19(12-13-22-16-6-2-1-3-7-16)15-10-11-21-18(14-15)23-17-8-4-5-9-20(17)25-21/h1-14,22-23H/b13-12+. The number of benzene rings is 3. The summed E-state index contributed by atoms with van der Waals surface area (Å²) in [6, 6.07) is 23.7. The van der Waals surface area contributed by atoms with Crippen molar-refractivity contribution in [3.63, 3.8) is 0 Å². The molecular weight excluding hydrogens is 328 g/mol. The lowest BCUT2D eigenvalue weighted by molar-refractivity contribution is 0.104. The Kier molecular flexibility index (Phi) is 4.27. The van der Waals surface area contributed by atoms with Crippen molar-refractivity contribution in [3.8, 4) is 0 Å². The van der Waals surface area contributed by atoms with Crippen molar-refractivity contribution in [2.75, 3.05) is 10.6 Å². The summed E-state index contributed by atoms with van der Waals surface area (Å²) in [6.45, 7) is 0. The van der Waals surface area contributed by atoms with Crippen LogP contribution in [0, 0.1) is 0 Å². The Morgan fingerprint density at radius 1 is 0.880 bits per heavy atom. The highest BCUT2D eigenvalue weighted by Crippen LogP contribution is 2.44. The first-order chi connectivity index (χ1) is 12.3. The molecule has 0 saturated carbocycles. The number of carbonyl (C=O) groups excluding carboxylic acids is 1. The number of rotatable bonds is 4. The Morgan fingerprint density at radius 2 is 1.64 bits per heavy atom. The molecule has 0 unspecified atom stereocenters. The van der Waals surface area contributed by atoms with Gasteiger partial charge in [-0.1, -0.05) is 42.1 Å². The first-order valence-electron chi connectivity index (χ1n) is 8.00. The second-order valence-electron chi connectivity index (χ2n) is 5.64. The maximum atomic E-state index is 12.4. The van der Waals surface area contributed by atoms with Crippen LogP contribution in [0.1, 0.15) is 10.4 Å². The zero-order valence-corrected chi connectivity index (χ0v) is 14.2. The van der Waals surface area contributed by atoms with Crippen LogP contribution >= 0.6 is 11.8 Å². The van der Waals surface area contributed by atoms with Gasteiger partial charge in [-0.15, -0.1) is 0 Å². The molecule has 25 heavy (non-hydrogen) atoms. The van der Waals surface area contributed by atoms with Crippen LogP contribution < -0.4 is 10.6 Å². The second-order valence-corrected chi connectivity index (χ2v) is 6.73. The van der Waals surface area contributed by atoms with Gasteiger partial charge in [0.05, 0.1) is 11.4 Å². The lowest BCUT2D eigenvalue weighted by Crippen LogP contribution is -2.02. The monoisotopic (exact) mass is 344 g/mol. The quantitative estimate of drug-likeness (QED) is 0.368. The van der Waals surface area contributed by atoms with E-state index >= 15 is 0 Å². The summed E-state index contributed by atoms with van der Waals surface area (Å²) in [5.41, 5.74) is 3.66. The third-order valence-corrected chi connectivity index (χ3v) is 5.05. The summed E-state index contributed by atoms with van der Waals surface area (Å²) >= 11 is 1.71. The van der Waals surface area contributed by atoms with Gasteiger partial charge in [0.15, 0.2) is 5.78 Å². The van der Waals surface area contributed by atoms with E-state index in [1.54, 1.807) is 24.0 Å². The van der Waals surface area contributed by atoms with Gasteiger partial charge in [-0.25, -0.2) is 0 Å². The first-order valence-corrected chi connectivity index (χ1v) is 8.82. The lowest BCUT2D eigenvalue weighted by Gasteiger charge is -2.20. The predicted molar refractivity (Wildman–Crippen MR) is 104 cm³/mol. The molecule has 0 aromatic heterocycles. The molecule has 1 aliphatic heterocycles. The number of hydrogen-bond acceptors (Lipinski definition) is 4. The van der Waals surface area contributed by atoms with Crippen LogP contribution in [-0.4, -0.2) is 5.78 Å². The molecule has 3 aromatic rings. The van der Waals surface area contributed by atoms with Crippen LogP contribution in [-0.2, 0) is 0 Å². The number of fused-ring (bicyclic) bond motifs is 2. The smallest absolute Gasteiger partial charge is 0.187 e. The number of hydrogen-bond donors (Lipinski definition) is 2. The van der Waals surface area contributed by atoms with Crippen molar-refractivity contribution < 1.29 is 4.79 Å². The van der Waals surface area contributed by atoms with E-state index in [1.807, 2.05) is 66.7 Å². The van der Waals surface area contributed by atoms with E-state index in [2.05, 4.69) is 16.7 Å². The van der Waals surface area contributed by atoms with Crippen LogP contribution in [0.5, 0.6) is 0 Å². The van der Waals surface area contributed by atoms with Gasteiger partial charge in [0, 0.05) is 33.3 Å². The van der Waals surface area contributed by atoms with Crippen molar-refractivity contribution >= 4 is 34.6 Å². The number of carbonyl (C=O) groups is 1. The fourth-order valence-corrected chi connectivity index (χ4v) is 3.61. The van der Waals surface area contributed by atoms with Crippen molar-refractivity contribution in [2.45, 2.75) is 9.79 Å². The summed E-state index contributed by atoms with van der Waals surface area (Å²) in [5.74, 6) is -0.0307. The minimum Gasteiger partial charge on any atom is -0.362 e. The largest absolute Gasteiger partial charge is 0.362 e.